The number of rotatable bonds is 5. The molecule has 4 nitrogen and oxygen atoms in total. The number of aryl methyl sites for hydroxylation is 2. The SMILES string of the molecule is CC(C)(C)c1ccc(C(=O)Nc2nnc(CCc3ccccc3)s2)cc1. The number of benzene rings is 2. The van der Waals surface area contributed by atoms with Crippen molar-refractivity contribution in [2.24, 2.45) is 0 Å². The van der Waals surface area contributed by atoms with Gasteiger partial charge in [0.1, 0.15) is 5.01 Å². The highest BCUT2D eigenvalue weighted by molar-refractivity contribution is 7.15. The normalized spacial score (nSPS) is 11.3. The van der Waals surface area contributed by atoms with Crippen LogP contribution in [0, 0.1) is 0 Å². The quantitative estimate of drug-likeness (QED) is 0.701. The molecule has 3 rings (SSSR count). The molecule has 0 atom stereocenters. The molecule has 0 aliphatic rings. The molecule has 26 heavy (non-hydrogen) atoms. The predicted molar refractivity (Wildman–Crippen MR) is 107 cm³/mol. The lowest BCUT2D eigenvalue weighted by atomic mass is 9.87. The van der Waals surface area contributed by atoms with Crippen LogP contribution >= 0.6 is 11.3 Å². The minimum Gasteiger partial charge on any atom is -0.296 e. The minimum atomic E-state index is -0.156. The average molecular weight is 366 g/mol. The Bertz CT molecular complexity index is 864. The third kappa shape index (κ3) is 4.76. The van der Waals surface area contributed by atoms with E-state index in [1.807, 2.05) is 42.5 Å². The fourth-order valence-electron chi connectivity index (χ4n) is 2.59. The number of amides is 1. The van der Waals surface area contributed by atoms with Crippen molar-refractivity contribution in [1.29, 1.82) is 0 Å². The Kier molecular flexibility index (Phi) is 5.47. The van der Waals surface area contributed by atoms with E-state index in [9.17, 15) is 4.79 Å². The third-order valence-electron chi connectivity index (χ3n) is 4.17. The fourth-order valence-corrected chi connectivity index (χ4v) is 3.33. The molecule has 5 heteroatoms. The maximum absolute atomic E-state index is 12.4. The van der Waals surface area contributed by atoms with E-state index in [0.717, 1.165) is 17.8 Å². The highest BCUT2D eigenvalue weighted by Crippen LogP contribution is 2.23. The number of aromatic nitrogens is 2. The maximum Gasteiger partial charge on any atom is 0.257 e. The number of nitrogens with one attached hydrogen (secondary N) is 1. The van der Waals surface area contributed by atoms with Crippen LogP contribution in [-0.2, 0) is 18.3 Å². The first kappa shape index (κ1) is 18.3. The molecule has 3 aromatic rings. The number of anilines is 1. The molecule has 0 saturated heterocycles. The van der Waals surface area contributed by atoms with Gasteiger partial charge in [-0.2, -0.15) is 0 Å². The van der Waals surface area contributed by atoms with Crippen LogP contribution in [0.4, 0.5) is 5.13 Å². The molecule has 1 N–H and O–H groups in total. The summed E-state index contributed by atoms with van der Waals surface area (Å²) in [6.07, 6.45) is 1.73. The molecule has 134 valence electrons. The summed E-state index contributed by atoms with van der Waals surface area (Å²) in [5.41, 5.74) is 3.17. The van der Waals surface area contributed by atoms with Crippen LogP contribution in [0.1, 0.15) is 47.3 Å². The van der Waals surface area contributed by atoms with E-state index >= 15 is 0 Å². The lowest BCUT2D eigenvalue weighted by Gasteiger charge is -2.18. The van der Waals surface area contributed by atoms with Gasteiger partial charge < -0.3 is 0 Å². The van der Waals surface area contributed by atoms with E-state index in [1.54, 1.807) is 0 Å². The third-order valence-corrected chi connectivity index (χ3v) is 5.07. The van der Waals surface area contributed by atoms with Gasteiger partial charge in [-0.1, -0.05) is 74.6 Å². The van der Waals surface area contributed by atoms with Gasteiger partial charge >= 0.3 is 0 Å². The van der Waals surface area contributed by atoms with Crippen molar-refractivity contribution in [3.63, 3.8) is 0 Å². The summed E-state index contributed by atoms with van der Waals surface area (Å²) in [5, 5.41) is 12.6. The van der Waals surface area contributed by atoms with E-state index in [0.29, 0.717) is 10.7 Å². The second kappa shape index (κ2) is 7.79. The number of nitrogens with zero attached hydrogens (tertiary/aromatic N) is 2. The zero-order valence-electron chi connectivity index (χ0n) is 15.3. The molecule has 1 heterocycles. The molecule has 2 aromatic carbocycles. The number of hydrogen-bond donors (Lipinski definition) is 1. The molecular weight excluding hydrogens is 342 g/mol. The van der Waals surface area contributed by atoms with Crippen molar-refractivity contribution in [2.75, 3.05) is 5.32 Å². The largest absolute Gasteiger partial charge is 0.296 e. The standard InChI is InChI=1S/C21H23N3OS/c1-21(2,3)17-12-10-16(11-13-17)19(25)22-20-24-23-18(26-20)14-9-15-7-5-4-6-8-15/h4-8,10-13H,9,14H2,1-3H3,(H,22,24,25). The molecule has 0 saturated carbocycles. The lowest BCUT2D eigenvalue weighted by molar-refractivity contribution is 0.102. The monoisotopic (exact) mass is 365 g/mol. The van der Waals surface area contributed by atoms with Crippen LogP contribution in [0.5, 0.6) is 0 Å². The van der Waals surface area contributed by atoms with Crippen molar-refractivity contribution in [3.8, 4) is 0 Å². The highest BCUT2D eigenvalue weighted by atomic mass is 32.1. The Labute approximate surface area is 158 Å². The fraction of sp³-hybridized carbons (Fsp3) is 0.286. The second-order valence-corrected chi connectivity index (χ2v) is 8.33. The molecular formula is C21H23N3OS. The first-order valence-corrected chi connectivity index (χ1v) is 9.52. The molecule has 0 fully saturated rings. The van der Waals surface area contributed by atoms with Crippen molar-refractivity contribution in [3.05, 3.63) is 76.3 Å². The molecule has 0 spiro atoms. The molecule has 0 aliphatic heterocycles. The van der Waals surface area contributed by atoms with E-state index in [4.69, 9.17) is 0 Å². The van der Waals surface area contributed by atoms with E-state index in [1.165, 1.54) is 22.5 Å². The minimum absolute atomic E-state index is 0.0713. The molecule has 1 amide bonds. The Balaban J connectivity index is 1.59. The molecule has 0 unspecified atom stereocenters. The van der Waals surface area contributed by atoms with E-state index in [2.05, 4.69) is 48.4 Å². The van der Waals surface area contributed by atoms with Gasteiger partial charge in [-0.25, -0.2) is 0 Å². The first-order valence-electron chi connectivity index (χ1n) is 8.70. The summed E-state index contributed by atoms with van der Waals surface area (Å²) in [7, 11) is 0. The average Bonchev–Trinajstić information content (AvgIpc) is 3.07. The van der Waals surface area contributed by atoms with Gasteiger partial charge in [0.05, 0.1) is 0 Å². The Morgan fingerprint density at radius 2 is 1.65 bits per heavy atom. The van der Waals surface area contributed by atoms with Gasteiger partial charge in [0.25, 0.3) is 5.91 Å². The van der Waals surface area contributed by atoms with Crippen molar-refractivity contribution < 1.29 is 4.79 Å². The van der Waals surface area contributed by atoms with Crippen molar-refractivity contribution >= 4 is 22.4 Å². The van der Waals surface area contributed by atoms with Crippen LogP contribution in [0.3, 0.4) is 0 Å². The van der Waals surface area contributed by atoms with Crippen molar-refractivity contribution in [1.82, 2.24) is 10.2 Å². The first-order chi connectivity index (χ1) is 12.4. The Hall–Kier alpha value is -2.53. The zero-order chi connectivity index (χ0) is 18.6. The summed E-state index contributed by atoms with van der Waals surface area (Å²) >= 11 is 1.43. The van der Waals surface area contributed by atoms with E-state index < -0.39 is 0 Å². The summed E-state index contributed by atoms with van der Waals surface area (Å²) in [6, 6.07) is 18.0. The van der Waals surface area contributed by atoms with Crippen LogP contribution in [0.2, 0.25) is 0 Å². The van der Waals surface area contributed by atoms with Gasteiger partial charge in [0.15, 0.2) is 0 Å². The highest BCUT2D eigenvalue weighted by Gasteiger charge is 2.15. The Morgan fingerprint density at radius 3 is 2.31 bits per heavy atom. The maximum atomic E-state index is 12.4. The van der Waals surface area contributed by atoms with Crippen LogP contribution in [0.15, 0.2) is 54.6 Å². The van der Waals surface area contributed by atoms with Crippen LogP contribution in [0.25, 0.3) is 0 Å². The predicted octanol–water partition coefficient (Wildman–Crippen LogP) is 4.87. The molecule has 0 bridgehead atoms. The Morgan fingerprint density at radius 1 is 0.962 bits per heavy atom. The smallest absolute Gasteiger partial charge is 0.257 e. The number of carbonyl (C=O) groups excluding carboxylic acids is 1. The summed E-state index contributed by atoms with van der Waals surface area (Å²) in [6.45, 7) is 6.46. The number of hydrogen-bond acceptors (Lipinski definition) is 4. The van der Waals surface area contributed by atoms with Gasteiger partial charge in [-0.3, -0.25) is 10.1 Å². The topological polar surface area (TPSA) is 54.9 Å². The zero-order valence-corrected chi connectivity index (χ0v) is 16.1. The summed E-state index contributed by atoms with van der Waals surface area (Å²) in [4.78, 5) is 12.4. The summed E-state index contributed by atoms with van der Waals surface area (Å²) in [5.74, 6) is -0.156. The van der Waals surface area contributed by atoms with Gasteiger partial charge in [-0.05, 0) is 35.1 Å². The number of carbonyl (C=O) groups is 1. The van der Waals surface area contributed by atoms with E-state index in [-0.39, 0.29) is 11.3 Å². The van der Waals surface area contributed by atoms with Gasteiger partial charge in [0, 0.05) is 12.0 Å². The van der Waals surface area contributed by atoms with Crippen LogP contribution < -0.4 is 5.32 Å². The van der Waals surface area contributed by atoms with Crippen LogP contribution in [-0.4, -0.2) is 16.1 Å². The van der Waals surface area contributed by atoms with Gasteiger partial charge in [-0.15, -0.1) is 10.2 Å². The molecule has 0 radical (unpaired) electrons. The van der Waals surface area contributed by atoms with Crippen molar-refractivity contribution in [2.45, 2.75) is 39.0 Å². The second-order valence-electron chi connectivity index (χ2n) is 7.27. The summed E-state index contributed by atoms with van der Waals surface area (Å²) < 4.78 is 0. The van der Waals surface area contributed by atoms with Gasteiger partial charge in [0.2, 0.25) is 5.13 Å². The molecule has 1 aromatic heterocycles. The molecule has 0 aliphatic carbocycles. The lowest BCUT2D eigenvalue weighted by Crippen LogP contribution is -2.14.